The SMILES string of the molecule is CCc1ccc(-n2ncc(C(=O)O)c2CC(C)C)cc1. The number of carboxylic acid groups (broad SMARTS) is 1. The van der Waals surface area contributed by atoms with Crippen molar-refractivity contribution in [1.82, 2.24) is 9.78 Å². The minimum absolute atomic E-state index is 0.290. The molecule has 1 N–H and O–H groups in total. The van der Waals surface area contributed by atoms with Gasteiger partial charge in [-0.1, -0.05) is 32.9 Å². The minimum Gasteiger partial charge on any atom is -0.478 e. The van der Waals surface area contributed by atoms with Crippen molar-refractivity contribution in [1.29, 1.82) is 0 Å². The molecule has 0 unspecified atom stereocenters. The first kappa shape index (κ1) is 14.3. The fourth-order valence-electron chi connectivity index (χ4n) is 2.23. The van der Waals surface area contributed by atoms with E-state index in [-0.39, 0.29) is 0 Å². The van der Waals surface area contributed by atoms with Gasteiger partial charge in [0.15, 0.2) is 0 Å². The lowest BCUT2D eigenvalue weighted by molar-refractivity contribution is 0.0695. The third kappa shape index (κ3) is 2.90. The highest BCUT2D eigenvalue weighted by atomic mass is 16.4. The van der Waals surface area contributed by atoms with Crippen LogP contribution in [0.2, 0.25) is 0 Å². The Hall–Kier alpha value is -2.10. The van der Waals surface area contributed by atoms with Gasteiger partial charge in [0.1, 0.15) is 5.56 Å². The van der Waals surface area contributed by atoms with Crippen molar-refractivity contribution in [2.24, 2.45) is 5.92 Å². The maximum atomic E-state index is 11.3. The van der Waals surface area contributed by atoms with Gasteiger partial charge in [0.2, 0.25) is 0 Å². The Morgan fingerprint density at radius 1 is 1.30 bits per heavy atom. The second kappa shape index (κ2) is 5.90. The molecule has 0 aliphatic rings. The van der Waals surface area contributed by atoms with E-state index in [4.69, 9.17) is 0 Å². The van der Waals surface area contributed by atoms with E-state index in [1.165, 1.54) is 11.8 Å². The van der Waals surface area contributed by atoms with Crippen LogP contribution in [-0.2, 0) is 12.8 Å². The summed E-state index contributed by atoms with van der Waals surface area (Å²) in [5.41, 5.74) is 3.21. The molecule has 2 aromatic rings. The molecular formula is C16H20N2O2. The van der Waals surface area contributed by atoms with Crippen LogP contribution >= 0.6 is 0 Å². The summed E-state index contributed by atoms with van der Waals surface area (Å²) in [5.74, 6) is -0.546. The van der Waals surface area contributed by atoms with Crippen molar-refractivity contribution in [3.05, 3.63) is 47.3 Å². The molecule has 0 radical (unpaired) electrons. The van der Waals surface area contributed by atoms with Gasteiger partial charge in [0, 0.05) is 0 Å². The Bertz CT molecular complexity index is 597. The van der Waals surface area contributed by atoms with Crippen molar-refractivity contribution in [2.75, 3.05) is 0 Å². The summed E-state index contributed by atoms with van der Waals surface area (Å²) in [6.07, 6.45) is 3.11. The number of carbonyl (C=O) groups is 1. The predicted octanol–water partition coefficient (Wildman–Crippen LogP) is 3.33. The van der Waals surface area contributed by atoms with E-state index in [0.29, 0.717) is 17.9 Å². The Morgan fingerprint density at radius 3 is 2.45 bits per heavy atom. The Morgan fingerprint density at radius 2 is 1.95 bits per heavy atom. The highest BCUT2D eigenvalue weighted by Gasteiger charge is 2.18. The molecule has 1 aromatic carbocycles. The van der Waals surface area contributed by atoms with Crippen LogP contribution in [0.1, 0.15) is 42.4 Å². The van der Waals surface area contributed by atoms with E-state index >= 15 is 0 Å². The largest absolute Gasteiger partial charge is 0.478 e. The molecule has 1 aromatic heterocycles. The number of rotatable bonds is 5. The average molecular weight is 272 g/mol. The second-order valence-electron chi connectivity index (χ2n) is 5.34. The molecule has 0 atom stereocenters. The van der Waals surface area contributed by atoms with Crippen LogP contribution in [0, 0.1) is 5.92 Å². The highest BCUT2D eigenvalue weighted by molar-refractivity contribution is 5.88. The summed E-state index contributed by atoms with van der Waals surface area (Å²) in [6, 6.07) is 8.08. The first-order valence-electron chi connectivity index (χ1n) is 6.92. The molecule has 0 fully saturated rings. The Labute approximate surface area is 119 Å². The van der Waals surface area contributed by atoms with Crippen molar-refractivity contribution in [3.8, 4) is 5.69 Å². The van der Waals surface area contributed by atoms with Crippen LogP contribution in [0.5, 0.6) is 0 Å². The topological polar surface area (TPSA) is 55.1 Å². The molecule has 1 heterocycles. The highest BCUT2D eigenvalue weighted by Crippen LogP contribution is 2.19. The molecule has 2 rings (SSSR count). The van der Waals surface area contributed by atoms with Crippen LogP contribution in [0.25, 0.3) is 5.69 Å². The van der Waals surface area contributed by atoms with E-state index in [9.17, 15) is 9.90 Å². The van der Waals surface area contributed by atoms with E-state index < -0.39 is 5.97 Å². The first-order chi connectivity index (χ1) is 9.52. The van der Waals surface area contributed by atoms with Gasteiger partial charge in [-0.3, -0.25) is 0 Å². The number of nitrogens with zero attached hydrogens (tertiary/aromatic N) is 2. The average Bonchev–Trinajstić information content (AvgIpc) is 2.82. The van der Waals surface area contributed by atoms with Gasteiger partial charge >= 0.3 is 5.97 Å². The van der Waals surface area contributed by atoms with Crippen molar-refractivity contribution in [3.63, 3.8) is 0 Å². The number of hydrogen-bond donors (Lipinski definition) is 1. The van der Waals surface area contributed by atoms with Gasteiger partial charge in [-0.05, 0) is 36.5 Å². The number of carboxylic acids is 1. The van der Waals surface area contributed by atoms with Gasteiger partial charge in [0.25, 0.3) is 0 Å². The molecule has 4 nitrogen and oxygen atoms in total. The molecule has 0 aliphatic carbocycles. The fraction of sp³-hybridized carbons (Fsp3) is 0.375. The molecule has 4 heteroatoms. The lowest BCUT2D eigenvalue weighted by Gasteiger charge is -2.11. The van der Waals surface area contributed by atoms with Gasteiger partial charge < -0.3 is 5.11 Å². The Kier molecular flexibility index (Phi) is 4.23. The summed E-state index contributed by atoms with van der Waals surface area (Å²) >= 11 is 0. The zero-order valence-electron chi connectivity index (χ0n) is 12.1. The normalized spacial score (nSPS) is 11.0. The van der Waals surface area contributed by atoms with Gasteiger partial charge in [-0.15, -0.1) is 0 Å². The summed E-state index contributed by atoms with van der Waals surface area (Å²) in [5, 5.41) is 13.5. The van der Waals surface area contributed by atoms with Gasteiger partial charge in [0.05, 0.1) is 17.6 Å². The van der Waals surface area contributed by atoms with E-state index in [1.807, 2.05) is 12.1 Å². The first-order valence-corrected chi connectivity index (χ1v) is 6.92. The lowest BCUT2D eigenvalue weighted by atomic mass is 10.0. The zero-order valence-corrected chi connectivity index (χ0v) is 12.1. The number of aromatic carboxylic acids is 1. The molecule has 0 saturated carbocycles. The zero-order chi connectivity index (χ0) is 14.7. The summed E-state index contributed by atoms with van der Waals surface area (Å²) in [7, 11) is 0. The van der Waals surface area contributed by atoms with Gasteiger partial charge in [-0.25, -0.2) is 9.48 Å². The molecule has 0 bridgehead atoms. The summed E-state index contributed by atoms with van der Waals surface area (Å²) in [4.78, 5) is 11.3. The second-order valence-corrected chi connectivity index (χ2v) is 5.34. The molecule has 0 amide bonds. The number of hydrogen-bond acceptors (Lipinski definition) is 2. The Balaban J connectivity index is 2.46. The molecule has 0 aliphatic heterocycles. The lowest BCUT2D eigenvalue weighted by Crippen LogP contribution is -2.09. The number of benzene rings is 1. The fourth-order valence-corrected chi connectivity index (χ4v) is 2.23. The third-order valence-electron chi connectivity index (χ3n) is 3.29. The summed E-state index contributed by atoms with van der Waals surface area (Å²) in [6.45, 7) is 6.25. The number of aryl methyl sites for hydroxylation is 1. The molecule has 20 heavy (non-hydrogen) atoms. The third-order valence-corrected chi connectivity index (χ3v) is 3.29. The predicted molar refractivity (Wildman–Crippen MR) is 78.4 cm³/mol. The van der Waals surface area contributed by atoms with Crippen LogP contribution in [-0.4, -0.2) is 20.9 Å². The molecule has 106 valence electrons. The molecular weight excluding hydrogens is 252 g/mol. The maximum absolute atomic E-state index is 11.3. The van der Waals surface area contributed by atoms with Crippen molar-refractivity contribution >= 4 is 5.97 Å². The monoisotopic (exact) mass is 272 g/mol. The van der Waals surface area contributed by atoms with Crippen LogP contribution in [0.15, 0.2) is 30.5 Å². The minimum atomic E-state index is -0.919. The van der Waals surface area contributed by atoms with E-state index in [2.05, 4.69) is 38.0 Å². The van der Waals surface area contributed by atoms with E-state index in [0.717, 1.165) is 17.8 Å². The molecule has 0 spiro atoms. The number of aromatic nitrogens is 2. The van der Waals surface area contributed by atoms with Crippen molar-refractivity contribution in [2.45, 2.75) is 33.6 Å². The maximum Gasteiger partial charge on any atom is 0.339 e. The quantitative estimate of drug-likeness (QED) is 0.908. The smallest absolute Gasteiger partial charge is 0.339 e. The standard InChI is InChI=1S/C16H20N2O2/c1-4-12-5-7-13(8-6-12)18-15(9-11(2)3)14(10-17-18)16(19)20/h5-8,10-11H,4,9H2,1-3H3,(H,19,20). The molecule has 0 saturated heterocycles. The van der Waals surface area contributed by atoms with Crippen LogP contribution in [0.4, 0.5) is 0 Å². The van der Waals surface area contributed by atoms with Crippen molar-refractivity contribution < 1.29 is 9.90 Å². The van der Waals surface area contributed by atoms with E-state index in [1.54, 1.807) is 4.68 Å². The van der Waals surface area contributed by atoms with Crippen LogP contribution in [0.3, 0.4) is 0 Å². The van der Waals surface area contributed by atoms with Gasteiger partial charge in [-0.2, -0.15) is 5.10 Å². The summed E-state index contributed by atoms with van der Waals surface area (Å²) < 4.78 is 1.74. The van der Waals surface area contributed by atoms with Crippen LogP contribution < -0.4 is 0 Å².